The van der Waals surface area contributed by atoms with Crippen LogP contribution in [0.15, 0.2) is 48.5 Å². The summed E-state index contributed by atoms with van der Waals surface area (Å²) in [6, 6.07) is 15.7. The monoisotopic (exact) mass is 340 g/mol. The van der Waals surface area contributed by atoms with E-state index in [0.717, 1.165) is 29.0 Å². The molecule has 4 heteroatoms. The molecule has 1 amide bonds. The van der Waals surface area contributed by atoms with Crippen molar-refractivity contribution in [2.45, 2.75) is 52.2 Å². The number of hydrogen-bond donors (Lipinski definition) is 2. The normalized spacial score (nSPS) is 14.4. The van der Waals surface area contributed by atoms with E-state index in [1.54, 1.807) is 6.92 Å². The number of carbonyl (C=O) groups excluding carboxylic acids is 1. The standard InChI is InChI=1S/C21H28N2O2/c1-5-13-21(4,22)20(24)23-19-12-11-18(14-15(19)2)25-16(3)17-9-7-6-8-10-17/h6-12,14,16H,5,13,22H2,1-4H3,(H,23,24). The quantitative estimate of drug-likeness (QED) is 0.775. The Kier molecular flexibility index (Phi) is 6.21. The summed E-state index contributed by atoms with van der Waals surface area (Å²) in [4.78, 5) is 12.4. The molecule has 4 nitrogen and oxygen atoms in total. The lowest BCUT2D eigenvalue weighted by atomic mass is 9.96. The van der Waals surface area contributed by atoms with Crippen LogP contribution in [-0.4, -0.2) is 11.4 Å². The molecular weight excluding hydrogens is 312 g/mol. The van der Waals surface area contributed by atoms with Gasteiger partial charge in [-0.15, -0.1) is 0 Å². The lowest BCUT2D eigenvalue weighted by molar-refractivity contribution is -0.120. The molecule has 0 heterocycles. The topological polar surface area (TPSA) is 64.4 Å². The van der Waals surface area contributed by atoms with E-state index in [2.05, 4.69) is 5.32 Å². The molecule has 0 aliphatic carbocycles. The van der Waals surface area contributed by atoms with Crippen LogP contribution in [0.4, 0.5) is 5.69 Å². The van der Waals surface area contributed by atoms with Crippen molar-refractivity contribution in [1.29, 1.82) is 0 Å². The van der Waals surface area contributed by atoms with E-state index in [0.29, 0.717) is 6.42 Å². The lowest BCUT2D eigenvalue weighted by Crippen LogP contribution is -2.48. The molecule has 2 rings (SSSR count). The SMILES string of the molecule is CCCC(C)(N)C(=O)Nc1ccc(OC(C)c2ccccc2)cc1C. The van der Waals surface area contributed by atoms with Crippen molar-refractivity contribution in [3.63, 3.8) is 0 Å². The van der Waals surface area contributed by atoms with Gasteiger partial charge in [-0.1, -0.05) is 43.7 Å². The number of hydrogen-bond acceptors (Lipinski definition) is 3. The maximum absolute atomic E-state index is 12.4. The average Bonchev–Trinajstić information content (AvgIpc) is 2.58. The van der Waals surface area contributed by atoms with Crippen molar-refractivity contribution < 1.29 is 9.53 Å². The van der Waals surface area contributed by atoms with E-state index in [9.17, 15) is 4.79 Å². The summed E-state index contributed by atoms with van der Waals surface area (Å²) in [5, 5.41) is 2.93. The second-order valence-corrected chi connectivity index (χ2v) is 6.77. The fourth-order valence-electron chi connectivity index (χ4n) is 2.74. The predicted octanol–water partition coefficient (Wildman–Crippen LogP) is 4.59. The Morgan fingerprint density at radius 3 is 2.52 bits per heavy atom. The first-order chi connectivity index (χ1) is 11.8. The third kappa shape index (κ3) is 5.07. The molecule has 0 aliphatic rings. The van der Waals surface area contributed by atoms with Crippen molar-refractivity contribution in [2.24, 2.45) is 5.73 Å². The van der Waals surface area contributed by atoms with E-state index < -0.39 is 5.54 Å². The van der Waals surface area contributed by atoms with Crippen LogP contribution in [0, 0.1) is 6.92 Å². The van der Waals surface area contributed by atoms with E-state index >= 15 is 0 Å². The van der Waals surface area contributed by atoms with Gasteiger partial charge in [-0.2, -0.15) is 0 Å². The molecule has 0 fully saturated rings. The van der Waals surface area contributed by atoms with Crippen molar-refractivity contribution in [3.8, 4) is 5.75 Å². The first-order valence-electron chi connectivity index (χ1n) is 8.76. The molecule has 0 aliphatic heterocycles. The van der Waals surface area contributed by atoms with E-state index in [1.807, 2.05) is 69.3 Å². The van der Waals surface area contributed by atoms with Crippen LogP contribution >= 0.6 is 0 Å². The average molecular weight is 340 g/mol. The van der Waals surface area contributed by atoms with Crippen LogP contribution in [0.5, 0.6) is 5.75 Å². The molecule has 2 atom stereocenters. The molecule has 25 heavy (non-hydrogen) atoms. The maximum Gasteiger partial charge on any atom is 0.244 e. The molecule has 0 saturated heterocycles. The highest BCUT2D eigenvalue weighted by Crippen LogP contribution is 2.26. The fraction of sp³-hybridized carbons (Fsp3) is 0.381. The summed E-state index contributed by atoms with van der Waals surface area (Å²) in [7, 11) is 0. The third-order valence-corrected chi connectivity index (χ3v) is 4.32. The number of carbonyl (C=O) groups is 1. The number of rotatable bonds is 7. The molecule has 0 spiro atoms. The van der Waals surface area contributed by atoms with Gasteiger partial charge in [-0.05, 0) is 56.5 Å². The maximum atomic E-state index is 12.4. The van der Waals surface area contributed by atoms with Gasteiger partial charge in [0.15, 0.2) is 0 Å². The highest BCUT2D eigenvalue weighted by atomic mass is 16.5. The number of anilines is 1. The van der Waals surface area contributed by atoms with Crippen LogP contribution < -0.4 is 15.8 Å². The Balaban J connectivity index is 2.06. The van der Waals surface area contributed by atoms with E-state index in [4.69, 9.17) is 10.5 Å². The van der Waals surface area contributed by atoms with Gasteiger partial charge in [0.1, 0.15) is 11.9 Å². The van der Waals surface area contributed by atoms with Crippen molar-refractivity contribution in [3.05, 3.63) is 59.7 Å². The van der Waals surface area contributed by atoms with Gasteiger partial charge in [-0.25, -0.2) is 0 Å². The summed E-state index contributed by atoms with van der Waals surface area (Å²) in [5.41, 5.74) is 8.06. The number of ether oxygens (including phenoxy) is 1. The zero-order valence-corrected chi connectivity index (χ0v) is 15.5. The molecule has 0 bridgehead atoms. The smallest absolute Gasteiger partial charge is 0.244 e. The summed E-state index contributed by atoms with van der Waals surface area (Å²) in [6.45, 7) is 7.75. The fourth-order valence-corrected chi connectivity index (χ4v) is 2.74. The summed E-state index contributed by atoms with van der Waals surface area (Å²) in [6.07, 6.45) is 1.47. The highest BCUT2D eigenvalue weighted by molar-refractivity contribution is 5.98. The molecule has 134 valence electrons. The molecule has 0 saturated carbocycles. The summed E-state index contributed by atoms with van der Waals surface area (Å²) in [5.74, 6) is 0.611. The van der Waals surface area contributed by atoms with Gasteiger partial charge in [0.25, 0.3) is 0 Å². The van der Waals surface area contributed by atoms with Gasteiger partial charge in [0.2, 0.25) is 5.91 Å². The van der Waals surface area contributed by atoms with Crippen LogP contribution in [0.2, 0.25) is 0 Å². The number of amides is 1. The number of nitrogens with two attached hydrogens (primary N) is 1. The molecule has 0 aromatic heterocycles. The molecule has 3 N–H and O–H groups in total. The first-order valence-corrected chi connectivity index (χ1v) is 8.76. The minimum atomic E-state index is -0.863. The zero-order valence-electron chi connectivity index (χ0n) is 15.5. The van der Waals surface area contributed by atoms with Crippen molar-refractivity contribution >= 4 is 11.6 Å². The van der Waals surface area contributed by atoms with Crippen molar-refractivity contribution in [1.82, 2.24) is 0 Å². The van der Waals surface area contributed by atoms with E-state index in [1.165, 1.54) is 0 Å². The Morgan fingerprint density at radius 1 is 1.24 bits per heavy atom. The van der Waals surface area contributed by atoms with Gasteiger partial charge in [0.05, 0.1) is 5.54 Å². The third-order valence-electron chi connectivity index (χ3n) is 4.32. The lowest BCUT2D eigenvalue weighted by Gasteiger charge is -2.23. The summed E-state index contributed by atoms with van der Waals surface area (Å²) < 4.78 is 6.01. The Labute approximate surface area is 150 Å². The second-order valence-electron chi connectivity index (χ2n) is 6.77. The Hall–Kier alpha value is -2.33. The second kappa shape index (κ2) is 8.17. The zero-order chi connectivity index (χ0) is 18.4. The van der Waals surface area contributed by atoms with Crippen LogP contribution in [0.25, 0.3) is 0 Å². The Morgan fingerprint density at radius 2 is 1.92 bits per heavy atom. The number of nitrogens with one attached hydrogen (secondary N) is 1. The van der Waals surface area contributed by atoms with Crippen LogP contribution in [0.3, 0.4) is 0 Å². The van der Waals surface area contributed by atoms with Gasteiger partial charge < -0.3 is 15.8 Å². The van der Waals surface area contributed by atoms with Gasteiger partial charge in [0, 0.05) is 5.69 Å². The van der Waals surface area contributed by atoms with E-state index in [-0.39, 0.29) is 12.0 Å². The molecule has 2 aromatic rings. The minimum Gasteiger partial charge on any atom is -0.486 e. The highest BCUT2D eigenvalue weighted by Gasteiger charge is 2.27. The molecule has 2 unspecified atom stereocenters. The van der Waals surface area contributed by atoms with Crippen LogP contribution in [-0.2, 0) is 4.79 Å². The number of aryl methyl sites for hydroxylation is 1. The first kappa shape index (κ1) is 19.0. The van der Waals surface area contributed by atoms with Gasteiger partial charge >= 0.3 is 0 Å². The molecule has 2 aromatic carbocycles. The minimum absolute atomic E-state index is 0.0436. The molecule has 0 radical (unpaired) electrons. The van der Waals surface area contributed by atoms with Gasteiger partial charge in [-0.3, -0.25) is 4.79 Å². The summed E-state index contributed by atoms with van der Waals surface area (Å²) >= 11 is 0. The van der Waals surface area contributed by atoms with Crippen LogP contribution in [0.1, 0.15) is 50.8 Å². The predicted molar refractivity (Wildman–Crippen MR) is 103 cm³/mol. The Bertz CT molecular complexity index is 711. The number of benzene rings is 2. The van der Waals surface area contributed by atoms with Crippen molar-refractivity contribution in [2.75, 3.05) is 5.32 Å². The largest absolute Gasteiger partial charge is 0.486 e. The molecular formula is C21H28N2O2.